The molecule has 1 aromatic carbocycles. The molecule has 20 heavy (non-hydrogen) atoms. The molecule has 3 heteroatoms. The summed E-state index contributed by atoms with van der Waals surface area (Å²) in [5, 5.41) is 1.26. The normalized spacial score (nSPS) is 15.4. The zero-order valence-corrected chi connectivity index (χ0v) is 11.2. The van der Waals surface area contributed by atoms with Crippen molar-refractivity contribution in [3.05, 3.63) is 66.0 Å². The molecule has 0 bridgehead atoms. The molecule has 0 amide bonds. The lowest BCUT2D eigenvalue weighted by molar-refractivity contribution is 0.00894. The lowest BCUT2D eigenvalue weighted by atomic mass is 9.98. The van der Waals surface area contributed by atoms with Crippen LogP contribution in [-0.4, -0.2) is 22.8 Å². The maximum Gasteiger partial charge on any atom is 0.140 e. The number of aromatic nitrogens is 2. The summed E-state index contributed by atoms with van der Waals surface area (Å²) in [5.41, 5.74) is 3.74. The van der Waals surface area contributed by atoms with Gasteiger partial charge in [0.2, 0.25) is 0 Å². The van der Waals surface area contributed by atoms with Gasteiger partial charge in [0.1, 0.15) is 5.65 Å². The van der Waals surface area contributed by atoms with Gasteiger partial charge in [-0.2, -0.15) is 0 Å². The average Bonchev–Trinajstić information content (AvgIpc) is 2.78. The Balaban J connectivity index is 1.79. The summed E-state index contributed by atoms with van der Waals surface area (Å²) in [7, 11) is 0. The van der Waals surface area contributed by atoms with Crippen LogP contribution in [-0.2, 0) is 11.3 Å². The van der Waals surface area contributed by atoms with E-state index in [1.807, 2.05) is 18.3 Å². The molecule has 3 heterocycles. The molecular weight excluding hydrogens is 248 g/mol. The van der Waals surface area contributed by atoms with E-state index in [1.54, 1.807) is 0 Å². The van der Waals surface area contributed by atoms with Crippen LogP contribution in [0.1, 0.15) is 17.0 Å². The van der Waals surface area contributed by atoms with Crippen LogP contribution >= 0.6 is 0 Å². The molecule has 0 atom stereocenters. The zero-order chi connectivity index (χ0) is 13.4. The van der Waals surface area contributed by atoms with Crippen molar-refractivity contribution in [3.8, 4) is 0 Å². The molecule has 1 fully saturated rings. The lowest BCUT2D eigenvalue weighted by Crippen LogP contribution is -2.24. The van der Waals surface area contributed by atoms with E-state index in [4.69, 9.17) is 4.74 Å². The van der Waals surface area contributed by atoms with Crippen molar-refractivity contribution in [2.75, 3.05) is 13.2 Å². The Morgan fingerprint density at radius 3 is 2.70 bits per heavy atom. The van der Waals surface area contributed by atoms with Gasteiger partial charge >= 0.3 is 0 Å². The minimum atomic E-state index is 0.527. The molecule has 100 valence electrons. The Morgan fingerprint density at radius 2 is 1.95 bits per heavy atom. The standard InChI is InChI=1S/C17H16N2O/c1-2-5-13(6-3-1)9-19-10-16(14-11-20-12-14)15-7-4-8-18-17(15)19/h1-8,10,14H,9,11-12H2. The van der Waals surface area contributed by atoms with Crippen molar-refractivity contribution in [3.63, 3.8) is 0 Å². The van der Waals surface area contributed by atoms with Gasteiger partial charge in [-0.25, -0.2) is 4.98 Å². The predicted molar refractivity (Wildman–Crippen MR) is 78.8 cm³/mol. The van der Waals surface area contributed by atoms with E-state index in [0.717, 1.165) is 25.4 Å². The summed E-state index contributed by atoms with van der Waals surface area (Å²) in [5.74, 6) is 0.527. The van der Waals surface area contributed by atoms with Gasteiger partial charge in [0, 0.05) is 30.2 Å². The predicted octanol–water partition coefficient (Wildman–Crippen LogP) is 3.20. The highest BCUT2D eigenvalue weighted by Gasteiger charge is 2.24. The molecule has 0 unspecified atom stereocenters. The van der Waals surface area contributed by atoms with E-state index in [9.17, 15) is 0 Å². The van der Waals surface area contributed by atoms with Crippen molar-refractivity contribution < 1.29 is 4.74 Å². The maximum absolute atomic E-state index is 5.34. The van der Waals surface area contributed by atoms with Crippen LogP contribution in [0.3, 0.4) is 0 Å². The molecule has 0 N–H and O–H groups in total. The fraction of sp³-hybridized carbons (Fsp3) is 0.235. The number of hydrogen-bond donors (Lipinski definition) is 0. The molecule has 1 saturated heterocycles. The Hall–Kier alpha value is -2.13. The minimum Gasteiger partial charge on any atom is -0.380 e. The molecule has 4 rings (SSSR count). The fourth-order valence-corrected chi connectivity index (χ4v) is 2.79. The molecule has 3 aromatic rings. The summed E-state index contributed by atoms with van der Waals surface area (Å²) >= 11 is 0. The summed E-state index contributed by atoms with van der Waals surface area (Å²) in [6, 6.07) is 14.7. The number of ether oxygens (including phenoxy) is 1. The van der Waals surface area contributed by atoms with E-state index in [2.05, 4.69) is 46.1 Å². The minimum absolute atomic E-state index is 0.527. The molecule has 0 aliphatic carbocycles. The number of fused-ring (bicyclic) bond motifs is 1. The van der Waals surface area contributed by atoms with Crippen LogP contribution < -0.4 is 0 Å². The second kappa shape index (κ2) is 4.76. The van der Waals surface area contributed by atoms with Gasteiger partial charge < -0.3 is 9.30 Å². The quantitative estimate of drug-likeness (QED) is 0.726. The molecule has 3 nitrogen and oxygen atoms in total. The number of rotatable bonds is 3. The van der Waals surface area contributed by atoms with Crippen LogP contribution in [0.4, 0.5) is 0 Å². The van der Waals surface area contributed by atoms with Crippen LogP contribution in [0.25, 0.3) is 11.0 Å². The second-order valence-electron chi connectivity index (χ2n) is 5.31. The summed E-state index contributed by atoms with van der Waals surface area (Å²) in [6.07, 6.45) is 4.11. The Morgan fingerprint density at radius 1 is 1.10 bits per heavy atom. The van der Waals surface area contributed by atoms with E-state index < -0.39 is 0 Å². The maximum atomic E-state index is 5.34. The van der Waals surface area contributed by atoms with Gasteiger partial charge in [-0.1, -0.05) is 30.3 Å². The van der Waals surface area contributed by atoms with Crippen LogP contribution in [0.15, 0.2) is 54.9 Å². The van der Waals surface area contributed by atoms with Gasteiger partial charge in [0.25, 0.3) is 0 Å². The van der Waals surface area contributed by atoms with Gasteiger partial charge in [0.05, 0.1) is 13.2 Å². The monoisotopic (exact) mass is 264 g/mol. The number of benzene rings is 1. The third kappa shape index (κ3) is 1.91. The molecule has 0 saturated carbocycles. The average molecular weight is 264 g/mol. The van der Waals surface area contributed by atoms with Crippen LogP contribution in [0, 0.1) is 0 Å². The van der Waals surface area contributed by atoms with Crippen molar-refractivity contribution in [2.24, 2.45) is 0 Å². The van der Waals surface area contributed by atoms with E-state index in [-0.39, 0.29) is 0 Å². The highest BCUT2D eigenvalue weighted by molar-refractivity contribution is 5.81. The van der Waals surface area contributed by atoms with Crippen molar-refractivity contribution >= 4 is 11.0 Å². The number of nitrogens with zero attached hydrogens (tertiary/aromatic N) is 2. The summed E-state index contributed by atoms with van der Waals surface area (Å²) in [6.45, 7) is 2.53. The first-order chi connectivity index (χ1) is 9.92. The first-order valence-corrected chi connectivity index (χ1v) is 6.97. The fourth-order valence-electron chi connectivity index (χ4n) is 2.79. The summed E-state index contributed by atoms with van der Waals surface area (Å²) in [4.78, 5) is 4.56. The van der Waals surface area contributed by atoms with E-state index >= 15 is 0 Å². The highest BCUT2D eigenvalue weighted by Crippen LogP contribution is 2.31. The van der Waals surface area contributed by atoms with Crippen molar-refractivity contribution in [1.82, 2.24) is 9.55 Å². The highest BCUT2D eigenvalue weighted by atomic mass is 16.5. The van der Waals surface area contributed by atoms with Crippen LogP contribution in [0.2, 0.25) is 0 Å². The van der Waals surface area contributed by atoms with Gasteiger partial charge in [-0.05, 0) is 23.3 Å². The molecule has 1 aliphatic heterocycles. The Bertz CT molecular complexity index is 729. The van der Waals surface area contributed by atoms with Gasteiger partial charge in [0.15, 0.2) is 0 Å². The molecule has 2 aromatic heterocycles. The first kappa shape index (κ1) is 11.7. The summed E-state index contributed by atoms with van der Waals surface area (Å²) < 4.78 is 7.58. The molecule has 0 spiro atoms. The molecular formula is C17H16N2O. The topological polar surface area (TPSA) is 27.1 Å². The Kier molecular flexibility index (Phi) is 2.78. The smallest absolute Gasteiger partial charge is 0.140 e. The zero-order valence-electron chi connectivity index (χ0n) is 11.2. The number of pyridine rings is 1. The SMILES string of the molecule is c1ccc(Cn2cc(C3COC3)c3cccnc32)cc1. The van der Waals surface area contributed by atoms with E-state index in [1.165, 1.54) is 16.5 Å². The van der Waals surface area contributed by atoms with Gasteiger partial charge in [-0.15, -0.1) is 0 Å². The van der Waals surface area contributed by atoms with Crippen molar-refractivity contribution in [2.45, 2.75) is 12.5 Å². The van der Waals surface area contributed by atoms with Gasteiger partial charge in [-0.3, -0.25) is 0 Å². The lowest BCUT2D eigenvalue weighted by Gasteiger charge is -2.25. The largest absolute Gasteiger partial charge is 0.380 e. The van der Waals surface area contributed by atoms with Crippen molar-refractivity contribution in [1.29, 1.82) is 0 Å². The second-order valence-corrected chi connectivity index (χ2v) is 5.31. The molecule has 0 radical (unpaired) electrons. The van der Waals surface area contributed by atoms with Crippen LogP contribution in [0.5, 0.6) is 0 Å². The third-order valence-electron chi connectivity index (χ3n) is 3.94. The number of hydrogen-bond acceptors (Lipinski definition) is 2. The Labute approximate surface area is 117 Å². The third-order valence-corrected chi connectivity index (χ3v) is 3.94. The first-order valence-electron chi connectivity index (χ1n) is 6.97. The molecule has 1 aliphatic rings. The van der Waals surface area contributed by atoms with E-state index in [0.29, 0.717) is 5.92 Å².